The minimum absolute atomic E-state index is 0.0460. The standard InChI is InChI=1S/C18H28N6O/c1-12-19-13(2)24(20-12)14-8-7-9-23(11-14)17(25)15-10-16(18(3,4)5)21-22(15)6/h10,14H,7-9,11H2,1-6H3. The highest BCUT2D eigenvalue weighted by Crippen LogP contribution is 2.25. The SMILES string of the molecule is Cc1nc(C)n(C2CCCN(C(=O)c3cc(C(C)(C)C)nn3C)C2)n1. The van der Waals surface area contributed by atoms with E-state index in [1.165, 1.54) is 0 Å². The molecule has 1 aliphatic rings. The highest BCUT2D eigenvalue weighted by molar-refractivity contribution is 5.92. The topological polar surface area (TPSA) is 68.8 Å². The van der Waals surface area contributed by atoms with Crippen LogP contribution in [0.1, 0.15) is 67.5 Å². The van der Waals surface area contributed by atoms with Crippen LogP contribution in [0.25, 0.3) is 0 Å². The number of piperidine rings is 1. The van der Waals surface area contributed by atoms with Crippen LogP contribution in [0.2, 0.25) is 0 Å². The zero-order valence-electron chi connectivity index (χ0n) is 16.1. The summed E-state index contributed by atoms with van der Waals surface area (Å²) in [6.07, 6.45) is 1.99. The van der Waals surface area contributed by atoms with Gasteiger partial charge < -0.3 is 4.90 Å². The van der Waals surface area contributed by atoms with Crippen LogP contribution in [0.5, 0.6) is 0 Å². The van der Waals surface area contributed by atoms with Crippen LogP contribution < -0.4 is 0 Å². The first kappa shape index (κ1) is 17.6. The Labute approximate surface area is 149 Å². The Morgan fingerprint density at radius 2 is 1.96 bits per heavy atom. The summed E-state index contributed by atoms with van der Waals surface area (Å²) in [5.41, 5.74) is 1.52. The van der Waals surface area contributed by atoms with Gasteiger partial charge in [0.05, 0.1) is 11.7 Å². The normalized spacial score (nSPS) is 18.6. The van der Waals surface area contributed by atoms with E-state index in [0.717, 1.165) is 36.7 Å². The third-order valence-corrected chi connectivity index (χ3v) is 4.80. The van der Waals surface area contributed by atoms with E-state index in [1.54, 1.807) is 4.68 Å². The lowest BCUT2D eigenvalue weighted by atomic mass is 9.92. The molecular formula is C18H28N6O. The summed E-state index contributed by atoms with van der Waals surface area (Å²) < 4.78 is 3.68. The molecule has 0 radical (unpaired) electrons. The maximum Gasteiger partial charge on any atom is 0.272 e. The zero-order chi connectivity index (χ0) is 18.4. The number of likely N-dealkylation sites (tertiary alicyclic amines) is 1. The van der Waals surface area contributed by atoms with E-state index in [0.29, 0.717) is 12.2 Å². The van der Waals surface area contributed by atoms with E-state index >= 15 is 0 Å². The van der Waals surface area contributed by atoms with Gasteiger partial charge in [-0.05, 0) is 32.8 Å². The summed E-state index contributed by atoms with van der Waals surface area (Å²) in [4.78, 5) is 19.4. The minimum atomic E-state index is -0.0733. The fourth-order valence-corrected chi connectivity index (χ4v) is 3.42. The van der Waals surface area contributed by atoms with Crippen LogP contribution in [0, 0.1) is 13.8 Å². The van der Waals surface area contributed by atoms with E-state index in [-0.39, 0.29) is 17.4 Å². The second-order valence-corrected chi connectivity index (χ2v) is 7.99. The predicted octanol–water partition coefficient (Wildman–Crippen LogP) is 2.40. The van der Waals surface area contributed by atoms with Gasteiger partial charge in [0.1, 0.15) is 17.3 Å². The molecule has 3 rings (SSSR count). The molecule has 1 aliphatic heterocycles. The number of carbonyl (C=O) groups excluding carboxylic acids is 1. The van der Waals surface area contributed by atoms with Gasteiger partial charge in [0.15, 0.2) is 0 Å². The highest BCUT2D eigenvalue weighted by Gasteiger charge is 2.30. The van der Waals surface area contributed by atoms with E-state index in [9.17, 15) is 4.79 Å². The number of aryl methyl sites for hydroxylation is 3. The summed E-state index contributed by atoms with van der Waals surface area (Å²) in [6.45, 7) is 11.6. The summed E-state index contributed by atoms with van der Waals surface area (Å²) in [5, 5.41) is 9.04. The maximum atomic E-state index is 13.0. The average Bonchev–Trinajstić information content (AvgIpc) is 3.09. The van der Waals surface area contributed by atoms with Crippen LogP contribution >= 0.6 is 0 Å². The molecule has 1 fully saturated rings. The third kappa shape index (κ3) is 3.45. The fourth-order valence-electron chi connectivity index (χ4n) is 3.42. The number of nitrogens with zero attached hydrogens (tertiary/aromatic N) is 6. The molecule has 0 aromatic carbocycles. The molecule has 0 aliphatic carbocycles. The molecule has 1 unspecified atom stereocenters. The first-order chi connectivity index (χ1) is 11.7. The quantitative estimate of drug-likeness (QED) is 0.839. The number of hydrogen-bond donors (Lipinski definition) is 0. The number of aromatic nitrogens is 5. The van der Waals surface area contributed by atoms with E-state index in [4.69, 9.17) is 0 Å². The Kier molecular flexibility index (Phi) is 4.43. The zero-order valence-corrected chi connectivity index (χ0v) is 16.1. The number of amides is 1. The van der Waals surface area contributed by atoms with Crippen molar-refractivity contribution in [1.29, 1.82) is 0 Å². The van der Waals surface area contributed by atoms with Gasteiger partial charge in [-0.1, -0.05) is 20.8 Å². The lowest BCUT2D eigenvalue weighted by molar-refractivity contribution is 0.0660. The van der Waals surface area contributed by atoms with Crippen molar-refractivity contribution in [2.75, 3.05) is 13.1 Å². The van der Waals surface area contributed by atoms with Crippen molar-refractivity contribution in [2.24, 2.45) is 7.05 Å². The molecule has 0 bridgehead atoms. The number of rotatable bonds is 2. The molecule has 1 amide bonds. The highest BCUT2D eigenvalue weighted by atomic mass is 16.2. The summed E-state index contributed by atoms with van der Waals surface area (Å²) in [7, 11) is 1.84. The lowest BCUT2D eigenvalue weighted by Crippen LogP contribution is -2.41. The Balaban J connectivity index is 1.81. The first-order valence-electron chi connectivity index (χ1n) is 8.90. The van der Waals surface area contributed by atoms with E-state index in [2.05, 4.69) is 36.0 Å². The van der Waals surface area contributed by atoms with Crippen LogP contribution in [0.15, 0.2) is 6.07 Å². The molecule has 2 aromatic rings. The Hall–Kier alpha value is -2.18. The summed E-state index contributed by atoms with van der Waals surface area (Å²) >= 11 is 0. The van der Waals surface area contributed by atoms with Gasteiger partial charge in [-0.15, -0.1) is 0 Å². The smallest absolute Gasteiger partial charge is 0.272 e. The molecule has 0 saturated carbocycles. The third-order valence-electron chi connectivity index (χ3n) is 4.80. The molecule has 3 heterocycles. The Morgan fingerprint density at radius 3 is 2.52 bits per heavy atom. The van der Waals surface area contributed by atoms with Gasteiger partial charge in [-0.3, -0.25) is 9.48 Å². The average molecular weight is 344 g/mol. The molecule has 2 aromatic heterocycles. The van der Waals surface area contributed by atoms with Crippen LogP contribution in [-0.4, -0.2) is 48.4 Å². The Bertz CT molecular complexity index is 782. The predicted molar refractivity (Wildman–Crippen MR) is 95.6 cm³/mol. The van der Waals surface area contributed by atoms with Crippen LogP contribution in [0.3, 0.4) is 0 Å². The van der Waals surface area contributed by atoms with Crippen LogP contribution in [0.4, 0.5) is 0 Å². The summed E-state index contributed by atoms with van der Waals surface area (Å²) in [5.74, 6) is 1.74. The van der Waals surface area contributed by atoms with Gasteiger partial charge in [0.25, 0.3) is 5.91 Å². The second kappa shape index (κ2) is 6.28. The first-order valence-corrected chi connectivity index (χ1v) is 8.90. The molecule has 0 spiro atoms. The Morgan fingerprint density at radius 1 is 1.24 bits per heavy atom. The molecule has 1 atom stereocenters. The van der Waals surface area contributed by atoms with Crippen molar-refractivity contribution in [1.82, 2.24) is 29.4 Å². The molecule has 1 saturated heterocycles. The van der Waals surface area contributed by atoms with Crippen molar-refractivity contribution in [3.8, 4) is 0 Å². The maximum absolute atomic E-state index is 13.0. The minimum Gasteiger partial charge on any atom is -0.335 e. The number of carbonyl (C=O) groups is 1. The van der Waals surface area contributed by atoms with Gasteiger partial charge >= 0.3 is 0 Å². The summed E-state index contributed by atoms with van der Waals surface area (Å²) in [6, 6.07) is 2.12. The number of hydrogen-bond acceptors (Lipinski definition) is 4. The van der Waals surface area contributed by atoms with Gasteiger partial charge in [-0.2, -0.15) is 10.2 Å². The molecule has 0 N–H and O–H groups in total. The monoisotopic (exact) mass is 344 g/mol. The van der Waals surface area contributed by atoms with Gasteiger partial charge in [0.2, 0.25) is 0 Å². The van der Waals surface area contributed by atoms with Gasteiger partial charge in [-0.25, -0.2) is 9.67 Å². The largest absolute Gasteiger partial charge is 0.335 e. The van der Waals surface area contributed by atoms with Crippen molar-refractivity contribution >= 4 is 5.91 Å². The van der Waals surface area contributed by atoms with Crippen molar-refractivity contribution in [3.05, 3.63) is 29.1 Å². The van der Waals surface area contributed by atoms with Crippen molar-refractivity contribution in [2.45, 2.75) is 58.9 Å². The fraction of sp³-hybridized carbons (Fsp3) is 0.667. The van der Waals surface area contributed by atoms with Crippen LogP contribution in [-0.2, 0) is 12.5 Å². The molecule has 7 nitrogen and oxygen atoms in total. The molecular weight excluding hydrogens is 316 g/mol. The molecule has 7 heteroatoms. The van der Waals surface area contributed by atoms with Crippen molar-refractivity contribution < 1.29 is 4.79 Å². The molecule has 25 heavy (non-hydrogen) atoms. The lowest BCUT2D eigenvalue weighted by Gasteiger charge is -2.33. The molecule has 136 valence electrons. The van der Waals surface area contributed by atoms with E-state index in [1.807, 2.05) is 36.5 Å². The van der Waals surface area contributed by atoms with Gasteiger partial charge in [0, 0.05) is 25.6 Å². The van der Waals surface area contributed by atoms with E-state index < -0.39 is 0 Å². The second-order valence-electron chi connectivity index (χ2n) is 7.99. The van der Waals surface area contributed by atoms with Crippen molar-refractivity contribution in [3.63, 3.8) is 0 Å².